The molecule has 2 aromatic carbocycles. The number of pyridine rings is 2. The lowest BCUT2D eigenvalue weighted by atomic mass is 10.0. The lowest BCUT2D eigenvalue weighted by Gasteiger charge is -2.19. The summed E-state index contributed by atoms with van der Waals surface area (Å²) in [6.45, 7) is 0. The van der Waals surface area contributed by atoms with E-state index in [2.05, 4.69) is 9.97 Å². The SMILES string of the molecule is O=C(OC(c1ccncc1)c1nccc2ccccc12)c1ccccc1. The third-order valence-electron chi connectivity index (χ3n) is 4.20. The lowest BCUT2D eigenvalue weighted by molar-refractivity contribution is 0.0373. The normalized spacial score (nSPS) is 11.8. The Kier molecular flexibility index (Phi) is 4.39. The van der Waals surface area contributed by atoms with Gasteiger partial charge in [-0.05, 0) is 35.7 Å². The predicted molar refractivity (Wildman–Crippen MR) is 99.7 cm³/mol. The van der Waals surface area contributed by atoms with Crippen LogP contribution < -0.4 is 0 Å². The van der Waals surface area contributed by atoms with Crippen LogP contribution in [0.4, 0.5) is 0 Å². The highest BCUT2D eigenvalue weighted by Crippen LogP contribution is 2.30. The van der Waals surface area contributed by atoms with Crippen LogP contribution >= 0.6 is 0 Å². The maximum atomic E-state index is 12.7. The molecule has 4 aromatic rings. The van der Waals surface area contributed by atoms with Gasteiger partial charge in [-0.15, -0.1) is 0 Å². The molecule has 0 fully saturated rings. The van der Waals surface area contributed by atoms with Crippen molar-refractivity contribution in [3.63, 3.8) is 0 Å². The monoisotopic (exact) mass is 340 g/mol. The van der Waals surface area contributed by atoms with Crippen molar-refractivity contribution in [3.8, 4) is 0 Å². The van der Waals surface area contributed by atoms with Crippen molar-refractivity contribution in [3.05, 3.63) is 108 Å². The first-order chi connectivity index (χ1) is 12.8. The molecule has 0 radical (unpaired) electrons. The molecule has 1 atom stereocenters. The van der Waals surface area contributed by atoms with Gasteiger partial charge in [0.15, 0.2) is 6.10 Å². The van der Waals surface area contributed by atoms with Crippen LogP contribution in [0.5, 0.6) is 0 Å². The molecule has 4 heteroatoms. The molecule has 0 spiro atoms. The third-order valence-corrected chi connectivity index (χ3v) is 4.20. The van der Waals surface area contributed by atoms with Crippen molar-refractivity contribution in [2.75, 3.05) is 0 Å². The Hall–Kier alpha value is -3.53. The number of carbonyl (C=O) groups excluding carboxylic acids is 1. The fourth-order valence-corrected chi connectivity index (χ4v) is 2.92. The minimum atomic E-state index is -0.614. The first-order valence-corrected chi connectivity index (χ1v) is 8.32. The molecule has 1 unspecified atom stereocenters. The van der Waals surface area contributed by atoms with Crippen LogP contribution in [0.25, 0.3) is 10.8 Å². The van der Waals surface area contributed by atoms with Crippen LogP contribution in [0.1, 0.15) is 27.7 Å². The standard InChI is InChI=1S/C22H16N2O2/c25-22(18-7-2-1-3-8-18)26-21(17-10-13-23-14-11-17)20-19-9-5-4-6-16(19)12-15-24-20/h1-15,21H. The van der Waals surface area contributed by atoms with E-state index in [4.69, 9.17) is 4.74 Å². The van der Waals surface area contributed by atoms with Gasteiger partial charge in [0.25, 0.3) is 0 Å². The first kappa shape index (κ1) is 16.0. The summed E-state index contributed by atoms with van der Waals surface area (Å²) in [7, 11) is 0. The van der Waals surface area contributed by atoms with Gasteiger partial charge in [-0.3, -0.25) is 9.97 Å². The number of nitrogens with zero attached hydrogens (tertiary/aromatic N) is 2. The summed E-state index contributed by atoms with van der Waals surface area (Å²) in [5.74, 6) is -0.387. The molecule has 0 aliphatic heterocycles. The van der Waals surface area contributed by atoms with Crippen molar-refractivity contribution >= 4 is 16.7 Å². The topological polar surface area (TPSA) is 52.1 Å². The summed E-state index contributed by atoms with van der Waals surface area (Å²) >= 11 is 0. The van der Waals surface area contributed by atoms with Gasteiger partial charge in [0, 0.05) is 29.5 Å². The van der Waals surface area contributed by atoms with Crippen LogP contribution in [0.3, 0.4) is 0 Å². The van der Waals surface area contributed by atoms with Crippen molar-refractivity contribution < 1.29 is 9.53 Å². The van der Waals surface area contributed by atoms with E-state index in [-0.39, 0.29) is 5.97 Å². The highest BCUT2D eigenvalue weighted by molar-refractivity contribution is 5.90. The second-order valence-electron chi connectivity index (χ2n) is 5.85. The quantitative estimate of drug-likeness (QED) is 0.510. The Morgan fingerprint density at radius 1 is 0.808 bits per heavy atom. The number of hydrogen-bond acceptors (Lipinski definition) is 4. The Labute approximate surface area is 151 Å². The number of carbonyl (C=O) groups is 1. The highest BCUT2D eigenvalue weighted by Gasteiger charge is 2.23. The van der Waals surface area contributed by atoms with Gasteiger partial charge in [0.05, 0.1) is 11.3 Å². The molecular weight excluding hydrogens is 324 g/mol. The van der Waals surface area contributed by atoms with Gasteiger partial charge in [-0.2, -0.15) is 0 Å². The van der Waals surface area contributed by atoms with Crippen LogP contribution in [-0.2, 0) is 4.74 Å². The fourth-order valence-electron chi connectivity index (χ4n) is 2.92. The Morgan fingerprint density at radius 3 is 2.35 bits per heavy atom. The van der Waals surface area contributed by atoms with Crippen LogP contribution in [0.15, 0.2) is 91.4 Å². The fraction of sp³-hybridized carbons (Fsp3) is 0.0455. The largest absolute Gasteiger partial charge is 0.447 e. The molecule has 0 amide bonds. The summed E-state index contributed by atoms with van der Waals surface area (Å²) in [6.07, 6.45) is 4.49. The van der Waals surface area contributed by atoms with Gasteiger partial charge in [0.1, 0.15) is 0 Å². The van der Waals surface area contributed by atoms with Gasteiger partial charge in [-0.1, -0.05) is 42.5 Å². The first-order valence-electron chi connectivity index (χ1n) is 8.32. The van der Waals surface area contributed by atoms with E-state index in [9.17, 15) is 4.79 Å². The maximum absolute atomic E-state index is 12.7. The van der Waals surface area contributed by atoms with Crippen molar-refractivity contribution in [1.82, 2.24) is 9.97 Å². The van der Waals surface area contributed by atoms with Crippen LogP contribution in [0.2, 0.25) is 0 Å². The number of hydrogen-bond donors (Lipinski definition) is 0. The smallest absolute Gasteiger partial charge is 0.339 e. The van der Waals surface area contributed by atoms with E-state index < -0.39 is 6.10 Å². The number of ether oxygens (including phenoxy) is 1. The summed E-state index contributed by atoms with van der Waals surface area (Å²) < 4.78 is 5.89. The number of aromatic nitrogens is 2. The van der Waals surface area contributed by atoms with E-state index in [0.717, 1.165) is 16.3 Å². The van der Waals surface area contributed by atoms with Gasteiger partial charge < -0.3 is 4.74 Å². The van der Waals surface area contributed by atoms with E-state index in [0.29, 0.717) is 11.3 Å². The molecule has 2 aromatic heterocycles. The number of rotatable bonds is 4. The molecule has 4 nitrogen and oxygen atoms in total. The summed E-state index contributed by atoms with van der Waals surface area (Å²) in [6, 6.07) is 22.5. The number of benzene rings is 2. The van der Waals surface area contributed by atoms with Crippen molar-refractivity contribution in [2.24, 2.45) is 0 Å². The molecule has 0 aliphatic rings. The molecule has 0 bridgehead atoms. The third kappa shape index (κ3) is 3.17. The van der Waals surface area contributed by atoms with Crippen LogP contribution in [0, 0.1) is 0 Å². The highest BCUT2D eigenvalue weighted by atomic mass is 16.5. The summed E-state index contributed by atoms with van der Waals surface area (Å²) in [5.41, 5.74) is 2.04. The predicted octanol–water partition coefficient (Wildman–Crippen LogP) is 4.58. The summed E-state index contributed by atoms with van der Waals surface area (Å²) in [5, 5.41) is 2.00. The molecule has 0 saturated heterocycles. The molecule has 26 heavy (non-hydrogen) atoms. The Morgan fingerprint density at radius 2 is 1.54 bits per heavy atom. The van der Waals surface area contributed by atoms with E-state index in [1.807, 2.05) is 60.7 Å². The van der Waals surface area contributed by atoms with Crippen LogP contribution in [-0.4, -0.2) is 15.9 Å². The average Bonchev–Trinajstić information content (AvgIpc) is 2.73. The minimum Gasteiger partial charge on any atom is -0.447 e. The zero-order valence-corrected chi connectivity index (χ0v) is 13.9. The van der Waals surface area contributed by atoms with E-state index in [1.165, 1.54) is 0 Å². The molecule has 0 saturated carbocycles. The van der Waals surface area contributed by atoms with Gasteiger partial charge >= 0.3 is 5.97 Å². The Bertz CT molecular complexity index is 1030. The molecule has 0 N–H and O–H groups in total. The van der Waals surface area contributed by atoms with E-state index >= 15 is 0 Å². The van der Waals surface area contributed by atoms with Gasteiger partial charge in [-0.25, -0.2) is 4.79 Å². The van der Waals surface area contributed by atoms with E-state index in [1.54, 1.807) is 30.7 Å². The zero-order chi connectivity index (χ0) is 17.8. The average molecular weight is 340 g/mol. The number of fused-ring (bicyclic) bond motifs is 1. The molecule has 126 valence electrons. The second kappa shape index (κ2) is 7.15. The maximum Gasteiger partial charge on any atom is 0.339 e. The van der Waals surface area contributed by atoms with Crippen molar-refractivity contribution in [1.29, 1.82) is 0 Å². The second-order valence-corrected chi connectivity index (χ2v) is 5.85. The van der Waals surface area contributed by atoms with Crippen molar-refractivity contribution in [2.45, 2.75) is 6.10 Å². The zero-order valence-electron chi connectivity index (χ0n) is 13.9. The number of esters is 1. The van der Waals surface area contributed by atoms with Gasteiger partial charge in [0.2, 0.25) is 0 Å². The minimum absolute atomic E-state index is 0.387. The summed E-state index contributed by atoms with van der Waals surface area (Å²) in [4.78, 5) is 21.3. The molecule has 0 aliphatic carbocycles. The molecular formula is C22H16N2O2. The molecule has 2 heterocycles. The lowest BCUT2D eigenvalue weighted by Crippen LogP contribution is -2.14. The molecule has 4 rings (SSSR count). The Balaban J connectivity index is 1.80.